The molecular weight excluding hydrogens is 502 g/mol. The van der Waals surface area contributed by atoms with Gasteiger partial charge in [-0.2, -0.15) is 9.50 Å². The van der Waals surface area contributed by atoms with Crippen molar-refractivity contribution in [3.8, 4) is 22.9 Å². The third kappa shape index (κ3) is 4.53. The van der Waals surface area contributed by atoms with Gasteiger partial charge in [0.15, 0.2) is 17.3 Å². The number of halogens is 1. The molecule has 3 aromatic carbocycles. The Labute approximate surface area is 201 Å². The van der Waals surface area contributed by atoms with Crippen molar-refractivity contribution in [2.75, 3.05) is 7.11 Å². The summed E-state index contributed by atoms with van der Waals surface area (Å²) in [5.41, 5.74) is 2.56. The van der Waals surface area contributed by atoms with Crippen LogP contribution in [0.5, 0.6) is 11.5 Å². The molecule has 0 atom stereocenters. The molecule has 0 spiro atoms. The first-order valence-corrected chi connectivity index (χ1v) is 11.7. The van der Waals surface area contributed by atoms with Crippen molar-refractivity contribution in [1.29, 1.82) is 0 Å². The second kappa shape index (κ2) is 9.17. The third-order valence-electron chi connectivity index (χ3n) is 5.01. The molecule has 0 amide bonds. The fourth-order valence-electron chi connectivity index (χ4n) is 3.33. The predicted molar refractivity (Wildman–Crippen MR) is 133 cm³/mol. The zero-order chi connectivity index (χ0) is 22.8. The second-order valence-corrected chi connectivity index (χ2v) is 9.16. The standard InChI is InChI=1S/C25H18BrN3O3S/c1-31-21-13-17(7-12-20(21)32-15-16-5-3-2-4-6-16)14-22-24(30)29-25(33-22)27-23(28-29)18-8-10-19(26)11-9-18/h2-14H,15H2,1H3/b22-14-. The van der Waals surface area contributed by atoms with Gasteiger partial charge in [0.1, 0.15) is 6.61 Å². The highest BCUT2D eigenvalue weighted by Crippen LogP contribution is 2.29. The van der Waals surface area contributed by atoms with Crippen LogP contribution in [0.15, 0.2) is 82.1 Å². The summed E-state index contributed by atoms with van der Waals surface area (Å²) < 4.78 is 14.3. The van der Waals surface area contributed by atoms with E-state index in [1.54, 1.807) is 7.11 Å². The molecular formula is C25H18BrN3O3S. The van der Waals surface area contributed by atoms with Gasteiger partial charge in [-0.1, -0.05) is 75.8 Å². The number of methoxy groups -OCH3 is 1. The monoisotopic (exact) mass is 519 g/mol. The number of rotatable bonds is 6. The number of thiazole rings is 1. The van der Waals surface area contributed by atoms with E-state index in [9.17, 15) is 4.79 Å². The Hall–Kier alpha value is -3.49. The molecule has 0 radical (unpaired) electrons. The molecule has 5 rings (SSSR count). The van der Waals surface area contributed by atoms with Crippen molar-refractivity contribution >= 4 is 38.3 Å². The molecule has 0 fully saturated rings. The number of hydrogen-bond acceptors (Lipinski definition) is 6. The Morgan fingerprint density at radius 1 is 1.03 bits per heavy atom. The normalized spacial score (nSPS) is 11.8. The zero-order valence-corrected chi connectivity index (χ0v) is 20.0. The molecule has 0 saturated carbocycles. The van der Waals surface area contributed by atoms with E-state index in [4.69, 9.17) is 9.47 Å². The highest BCUT2D eigenvalue weighted by atomic mass is 79.9. The summed E-state index contributed by atoms with van der Waals surface area (Å²) in [4.78, 5) is 18.0. The van der Waals surface area contributed by atoms with Crippen molar-refractivity contribution < 1.29 is 9.47 Å². The molecule has 0 saturated heterocycles. The molecule has 0 N–H and O–H groups in total. The second-order valence-electron chi connectivity index (χ2n) is 7.24. The van der Waals surface area contributed by atoms with Crippen LogP contribution in [0.25, 0.3) is 22.4 Å². The molecule has 33 heavy (non-hydrogen) atoms. The van der Waals surface area contributed by atoms with Crippen LogP contribution in [0.3, 0.4) is 0 Å². The van der Waals surface area contributed by atoms with Gasteiger partial charge >= 0.3 is 0 Å². The SMILES string of the molecule is COc1cc(/C=c2\sc3nc(-c4ccc(Br)cc4)nn3c2=O)ccc1OCc1ccccc1. The van der Waals surface area contributed by atoms with Gasteiger partial charge in [-0.25, -0.2) is 0 Å². The Morgan fingerprint density at radius 3 is 2.55 bits per heavy atom. The van der Waals surface area contributed by atoms with E-state index in [0.717, 1.165) is 21.2 Å². The largest absolute Gasteiger partial charge is 0.493 e. The highest BCUT2D eigenvalue weighted by Gasteiger charge is 2.12. The van der Waals surface area contributed by atoms with Crippen LogP contribution in [0.4, 0.5) is 0 Å². The summed E-state index contributed by atoms with van der Waals surface area (Å²) >= 11 is 4.72. The molecule has 0 unspecified atom stereocenters. The zero-order valence-electron chi connectivity index (χ0n) is 17.6. The molecule has 8 heteroatoms. The molecule has 6 nitrogen and oxygen atoms in total. The van der Waals surface area contributed by atoms with Crippen LogP contribution in [0, 0.1) is 0 Å². The Morgan fingerprint density at radius 2 is 1.82 bits per heavy atom. The Bertz CT molecular complexity index is 1530. The van der Waals surface area contributed by atoms with Crippen LogP contribution >= 0.6 is 27.3 Å². The summed E-state index contributed by atoms with van der Waals surface area (Å²) in [6, 6.07) is 23.2. The number of fused-ring (bicyclic) bond motifs is 1. The number of nitrogens with zero attached hydrogens (tertiary/aromatic N) is 3. The van der Waals surface area contributed by atoms with Crippen LogP contribution in [0.2, 0.25) is 0 Å². The summed E-state index contributed by atoms with van der Waals surface area (Å²) in [5, 5.41) is 4.40. The average Bonchev–Trinajstić information content (AvgIpc) is 3.38. The predicted octanol–water partition coefficient (Wildman–Crippen LogP) is 4.72. The van der Waals surface area contributed by atoms with E-state index in [0.29, 0.717) is 33.4 Å². The maximum Gasteiger partial charge on any atom is 0.291 e. The first-order chi connectivity index (χ1) is 16.1. The summed E-state index contributed by atoms with van der Waals surface area (Å²) in [6.07, 6.45) is 1.81. The molecule has 0 aliphatic carbocycles. The van der Waals surface area contributed by atoms with Crippen molar-refractivity contribution in [2.45, 2.75) is 6.61 Å². The topological polar surface area (TPSA) is 65.7 Å². The average molecular weight is 520 g/mol. The van der Waals surface area contributed by atoms with Crippen molar-refractivity contribution in [2.24, 2.45) is 0 Å². The maximum atomic E-state index is 12.9. The van der Waals surface area contributed by atoms with Crippen molar-refractivity contribution in [1.82, 2.24) is 14.6 Å². The van der Waals surface area contributed by atoms with Crippen LogP contribution < -0.4 is 19.6 Å². The van der Waals surface area contributed by atoms with Gasteiger partial charge in [0.2, 0.25) is 4.96 Å². The van der Waals surface area contributed by atoms with Gasteiger partial charge in [-0.05, 0) is 41.5 Å². The number of aromatic nitrogens is 3. The maximum absolute atomic E-state index is 12.9. The molecule has 164 valence electrons. The van der Waals surface area contributed by atoms with E-state index < -0.39 is 0 Å². The molecule has 0 bridgehead atoms. The fourth-order valence-corrected chi connectivity index (χ4v) is 4.51. The van der Waals surface area contributed by atoms with Crippen LogP contribution in [-0.2, 0) is 6.61 Å². The number of ether oxygens (including phenoxy) is 2. The van der Waals surface area contributed by atoms with Gasteiger partial charge in [-0.15, -0.1) is 5.10 Å². The first-order valence-electron chi connectivity index (χ1n) is 10.1. The Balaban J connectivity index is 1.42. The van der Waals surface area contributed by atoms with E-state index in [2.05, 4.69) is 26.0 Å². The Kier molecular flexibility index (Phi) is 5.93. The van der Waals surface area contributed by atoms with E-state index in [1.807, 2.05) is 78.9 Å². The van der Waals surface area contributed by atoms with Crippen molar-refractivity contribution in [3.63, 3.8) is 0 Å². The minimum absolute atomic E-state index is 0.200. The lowest BCUT2D eigenvalue weighted by atomic mass is 10.2. The van der Waals surface area contributed by atoms with E-state index in [-0.39, 0.29) is 5.56 Å². The first kappa shape index (κ1) is 21.4. The van der Waals surface area contributed by atoms with Crippen LogP contribution in [0.1, 0.15) is 11.1 Å². The van der Waals surface area contributed by atoms with E-state index >= 15 is 0 Å². The lowest BCUT2D eigenvalue weighted by Crippen LogP contribution is -2.23. The smallest absolute Gasteiger partial charge is 0.291 e. The molecule has 0 aliphatic heterocycles. The molecule has 5 aromatic rings. The van der Waals surface area contributed by atoms with Gasteiger partial charge in [0.05, 0.1) is 11.6 Å². The minimum Gasteiger partial charge on any atom is -0.493 e. The quantitative estimate of drug-likeness (QED) is 0.325. The number of hydrogen-bond donors (Lipinski definition) is 0. The fraction of sp³-hybridized carbons (Fsp3) is 0.0800. The molecule has 2 aromatic heterocycles. The van der Waals surface area contributed by atoms with Crippen molar-refractivity contribution in [3.05, 3.63) is 103 Å². The lowest BCUT2D eigenvalue weighted by molar-refractivity contribution is 0.284. The summed E-state index contributed by atoms with van der Waals surface area (Å²) in [7, 11) is 1.60. The number of benzene rings is 3. The van der Waals surface area contributed by atoms with Crippen LogP contribution in [-0.4, -0.2) is 21.7 Å². The van der Waals surface area contributed by atoms with Gasteiger partial charge in [0.25, 0.3) is 5.56 Å². The lowest BCUT2D eigenvalue weighted by Gasteiger charge is -2.11. The van der Waals surface area contributed by atoms with E-state index in [1.165, 1.54) is 15.9 Å². The van der Waals surface area contributed by atoms with Gasteiger partial charge < -0.3 is 9.47 Å². The van der Waals surface area contributed by atoms with Gasteiger partial charge in [-0.3, -0.25) is 4.79 Å². The highest BCUT2D eigenvalue weighted by molar-refractivity contribution is 9.10. The summed E-state index contributed by atoms with van der Waals surface area (Å²) in [5.74, 6) is 1.77. The molecule has 0 aliphatic rings. The third-order valence-corrected chi connectivity index (χ3v) is 6.49. The van der Waals surface area contributed by atoms with Gasteiger partial charge in [0, 0.05) is 10.0 Å². The summed E-state index contributed by atoms with van der Waals surface area (Å²) in [6.45, 7) is 0.444. The minimum atomic E-state index is -0.200. The molecule has 2 heterocycles.